The number of aryl methyl sites for hydroxylation is 2. The van der Waals surface area contributed by atoms with Gasteiger partial charge in [0, 0.05) is 30.7 Å². The van der Waals surface area contributed by atoms with Crippen LogP contribution in [0, 0.1) is 19.7 Å². The van der Waals surface area contributed by atoms with Crippen LogP contribution in [0.5, 0.6) is 11.6 Å². The number of hydrogen-bond donors (Lipinski definition) is 1. The summed E-state index contributed by atoms with van der Waals surface area (Å²) in [5.41, 5.74) is 3.13. The molecule has 31 heavy (non-hydrogen) atoms. The molecule has 0 aliphatic carbocycles. The number of rotatable bonds is 6. The summed E-state index contributed by atoms with van der Waals surface area (Å²) in [5, 5.41) is 7.24. The number of halogens is 1. The van der Waals surface area contributed by atoms with E-state index in [1.165, 1.54) is 30.5 Å². The molecular weight excluding hydrogens is 397 g/mol. The summed E-state index contributed by atoms with van der Waals surface area (Å²) in [6.07, 6.45) is 3.11. The summed E-state index contributed by atoms with van der Waals surface area (Å²) in [5.74, 6) is 0.899. The van der Waals surface area contributed by atoms with E-state index in [-0.39, 0.29) is 11.7 Å². The Morgan fingerprint density at radius 3 is 2.55 bits per heavy atom. The summed E-state index contributed by atoms with van der Waals surface area (Å²) in [6, 6.07) is 14.6. The molecule has 8 heteroatoms. The average Bonchev–Trinajstić information content (AvgIpc) is 3.12. The molecule has 3 aromatic heterocycles. The molecule has 0 fully saturated rings. The number of carbonyl (C=O) groups excluding carboxylic acids is 1. The first-order chi connectivity index (χ1) is 15.0. The average molecular weight is 417 g/mol. The Morgan fingerprint density at radius 1 is 1.06 bits per heavy atom. The number of ether oxygens (including phenoxy) is 1. The first-order valence-corrected chi connectivity index (χ1v) is 9.64. The third kappa shape index (κ3) is 4.92. The number of nitrogens with one attached hydrogen (secondary N) is 1. The van der Waals surface area contributed by atoms with Crippen molar-refractivity contribution in [3.05, 3.63) is 95.3 Å². The van der Waals surface area contributed by atoms with Crippen molar-refractivity contribution < 1.29 is 13.9 Å². The van der Waals surface area contributed by atoms with E-state index in [4.69, 9.17) is 4.74 Å². The van der Waals surface area contributed by atoms with E-state index in [2.05, 4.69) is 20.4 Å². The second kappa shape index (κ2) is 8.74. The van der Waals surface area contributed by atoms with E-state index in [0.717, 1.165) is 17.0 Å². The molecule has 1 aromatic carbocycles. The molecule has 0 saturated heterocycles. The van der Waals surface area contributed by atoms with Crippen molar-refractivity contribution in [2.75, 3.05) is 0 Å². The van der Waals surface area contributed by atoms with Gasteiger partial charge in [0.2, 0.25) is 5.88 Å². The minimum absolute atomic E-state index is 0.245. The van der Waals surface area contributed by atoms with Crippen LogP contribution in [0.2, 0.25) is 0 Å². The lowest BCUT2D eigenvalue weighted by Crippen LogP contribution is -2.23. The summed E-state index contributed by atoms with van der Waals surface area (Å²) in [4.78, 5) is 21.0. The summed E-state index contributed by atoms with van der Waals surface area (Å²) >= 11 is 0. The van der Waals surface area contributed by atoms with Crippen molar-refractivity contribution in [1.29, 1.82) is 0 Å². The van der Waals surface area contributed by atoms with E-state index in [0.29, 0.717) is 29.6 Å². The van der Waals surface area contributed by atoms with E-state index in [1.54, 1.807) is 35.1 Å². The summed E-state index contributed by atoms with van der Waals surface area (Å²) in [7, 11) is 0. The molecule has 7 nitrogen and oxygen atoms in total. The number of aromatic nitrogens is 4. The molecule has 4 aromatic rings. The highest BCUT2D eigenvalue weighted by molar-refractivity contribution is 5.93. The smallest absolute Gasteiger partial charge is 0.253 e. The van der Waals surface area contributed by atoms with Gasteiger partial charge in [-0.05, 0) is 67.9 Å². The minimum atomic E-state index is -0.339. The number of nitrogens with zero attached hydrogens (tertiary/aromatic N) is 4. The van der Waals surface area contributed by atoms with Crippen molar-refractivity contribution in [2.45, 2.75) is 20.4 Å². The zero-order valence-electron chi connectivity index (χ0n) is 17.0. The molecular formula is C23H20FN5O2. The van der Waals surface area contributed by atoms with Crippen molar-refractivity contribution in [1.82, 2.24) is 25.1 Å². The van der Waals surface area contributed by atoms with E-state index < -0.39 is 0 Å². The van der Waals surface area contributed by atoms with Crippen LogP contribution in [0.4, 0.5) is 4.39 Å². The second-order valence-electron chi connectivity index (χ2n) is 6.98. The van der Waals surface area contributed by atoms with E-state index in [1.807, 2.05) is 19.9 Å². The zero-order valence-corrected chi connectivity index (χ0v) is 17.0. The third-order valence-corrected chi connectivity index (χ3v) is 4.53. The largest absolute Gasteiger partial charge is 0.439 e. The van der Waals surface area contributed by atoms with Crippen LogP contribution < -0.4 is 10.1 Å². The van der Waals surface area contributed by atoms with Crippen LogP contribution >= 0.6 is 0 Å². The monoisotopic (exact) mass is 417 g/mol. The highest BCUT2D eigenvalue weighted by atomic mass is 19.1. The minimum Gasteiger partial charge on any atom is -0.439 e. The lowest BCUT2D eigenvalue weighted by molar-refractivity contribution is 0.0950. The summed E-state index contributed by atoms with van der Waals surface area (Å²) < 4.78 is 20.4. The van der Waals surface area contributed by atoms with Gasteiger partial charge in [-0.15, -0.1) is 0 Å². The fraction of sp³-hybridized carbons (Fsp3) is 0.130. The van der Waals surface area contributed by atoms with Crippen molar-refractivity contribution in [2.24, 2.45) is 0 Å². The first kappa shape index (κ1) is 20.2. The third-order valence-electron chi connectivity index (χ3n) is 4.53. The quantitative estimate of drug-likeness (QED) is 0.510. The van der Waals surface area contributed by atoms with Gasteiger partial charge in [-0.2, -0.15) is 5.10 Å². The molecule has 1 N–H and O–H groups in total. The Hall–Kier alpha value is -4.07. The molecule has 0 radical (unpaired) electrons. The SMILES string of the molecule is Cc1cc(C)n(-c2ccc(C(=O)NCc3ccnc(Oc4ccc(F)cc4)c3)cn2)n1. The van der Waals surface area contributed by atoms with Crippen LogP contribution in [0.3, 0.4) is 0 Å². The molecule has 0 aliphatic rings. The van der Waals surface area contributed by atoms with Gasteiger partial charge >= 0.3 is 0 Å². The van der Waals surface area contributed by atoms with Crippen LogP contribution in [-0.2, 0) is 6.54 Å². The highest BCUT2D eigenvalue weighted by Crippen LogP contribution is 2.20. The van der Waals surface area contributed by atoms with Gasteiger partial charge in [0.15, 0.2) is 5.82 Å². The maximum atomic E-state index is 13.0. The Labute approximate surface area is 178 Å². The standard InChI is InChI=1S/C23H20FN5O2/c1-15-11-16(2)29(28-15)21-8-3-18(14-26-21)23(30)27-13-17-9-10-25-22(12-17)31-20-6-4-19(24)5-7-20/h3-12,14H,13H2,1-2H3,(H,27,30). The van der Waals surface area contributed by atoms with Gasteiger partial charge in [-0.25, -0.2) is 19.0 Å². The Kier molecular flexibility index (Phi) is 5.70. The number of hydrogen-bond acceptors (Lipinski definition) is 5. The number of amides is 1. The van der Waals surface area contributed by atoms with Gasteiger partial charge in [0.25, 0.3) is 5.91 Å². The Bertz CT molecular complexity index is 1200. The van der Waals surface area contributed by atoms with Gasteiger partial charge in [0.1, 0.15) is 11.6 Å². The van der Waals surface area contributed by atoms with Crippen LogP contribution in [0.25, 0.3) is 5.82 Å². The molecule has 0 unspecified atom stereocenters. The first-order valence-electron chi connectivity index (χ1n) is 9.64. The molecule has 156 valence electrons. The molecule has 0 bridgehead atoms. The topological polar surface area (TPSA) is 81.9 Å². The van der Waals surface area contributed by atoms with E-state index in [9.17, 15) is 9.18 Å². The van der Waals surface area contributed by atoms with Crippen molar-refractivity contribution >= 4 is 5.91 Å². The molecule has 0 atom stereocenters. The van der Waals surface area contributed by atoms with Gasteiger partial charge < -0.3 is 10.1 Å². The highest BCUT2D eigenvalue weighted by Gasteiger charge is 2.09. The molecule has 1 amide bonds. The van der Waals surface area contributed by atoms with Gasteiger partial charge in [-0.3, -0.25) is 4.79 Å². The predicted molar refractivity (Wildman–Crippen MR) is 113 cm³/mol. The Balaban J connectivity index is 1.38. The van der Waals surface area contributed by atoms with Crippen LogP contribution in [0.15, 0.2) is 67.0 Å². The maximum absolute atomic E-state index is 13.0. The fourth-order valence-corrected chi connectivity index (χ4v) is 3.03. The van der Waals surface area contributed by atoms with Crippen LogP contribution in [0.1, 0.15) is 27.3 Å². The second-order valence-corrected chi connectivity index (χ2v) is 6.98. The lowest BCUT2D eigenvalue weighted by Gasteiger charge is -2.09. The maximum Gasteiger partial charge on any atom is 0.253 e. The number of pyridine rings is 2. The van der Waals surface area contributed by atoms with Crippen molar-refractivity contribution in [3.8, 4) is 17.4 Å². The predicted octanol–water partition coefficient (Wildman–Crippen LogP) is 4.14. The van der Waals surface area contributed by atoms with Gasteiger partial charge in [0.05, 0.1) is 11.3 Å². The zero-order chi connectivity index (χ0) is 21.8. The summed E-state index contributed by atoms with van der Waals surface area (Å²) in [6.45, 7) is 4.16. The molecule has 4 rings (SSSR count). The lowest BCUT2D eigenvalue weighted by atomic mass is 10.2. The van der Waals surface area contributed by atoms with Crippen molar-refractivity contribution in [3.63, 3.8) is 0 Å². The molecule has 0 saturated carbocycles. The fourth-order valence-electron chi connectivity index (χ4n) is 3.03. The normalized spacial score (nSPS) is 10.7. The molecule has 3 heterocycles. The molecule has 0 spiro atoms. The Morgan fingerprint density at radius 2 is 1.87 bits per heavy atom. The number of benzene rings is 1. The van der Waals surface area contributed by atoms with E-state index >= 15 is 0 Å². The van der Waals surface area contributed by atoms with Gasteiger partial charge in [-0.1, -0.05) is 0 Å². The number of carbonyl (C=O) groups is 1. The molecule has 0 aliphatic heterocycles. The van der Waals surface area contributed by atoms with Crippen LogP contribution in [-0.4, -0.2) is 25.7 Å².